The zero-order valence-corrected chi connectivity index (χ0v) is 14.5. The van der Waals surface area contributed by atoms with E-state index in [-0.39, 0.29) is 24.0 Å². The van der Waals surface area contributed by atoms with Crippen LogP contribution in [-0.4, -0.2) is 46.8 Å². The average molecular weight is 383 g/mol. The van der Waals surface area contributed by atoms with Gasteiger partial charge in [-0.05, 0) is 43.6 Å². The van der Waals surface area contributed by atoms with Crippen LogP contribution in [0.15, 0.2) is 30.5 Å². The highest BCUT2D eigenvalue weighted by Crippen LogP contribution is 2.20. The van der Waals surface area contributed by atoms with Crippen LogP contribution in [0.4, 0.5) is 13.2 Å². The van der Waals surface area contributed by atoms with Gasteiger partial charge in [0.25, 0.3) is 5.91 Å². The van der Waals surface area contributed by atoms with Crippen molar-refractivity contribution in [3.8, 4) is 5.75 Å². The molecule has 1 aliphatic heterocycles. The molecule has 1 saturated heterocycles. The first kappa shape index (κ1) is 19.2. The lowest BCUT2D eigenvalue weighted by Crippen LogP contribution is -2.29. The molecule has 3 rings (SSSR count). The van der Waals surface area contributed by atoms with E-state index in [9.17, 15) is 18.0 Å². The molecule has 0 bridgehead atoms. The zero-order valence-electron chi connectivity index (χ0n) is 14.5. The summed E-state index contributed by atoms with van der Waals surface area (Å²) in [6.45, 7) is 0.586. The van der Waals surface area contributed by atoms with E-state index < -0.39 is 18.7 Å². The summed E-state index contributed by atoms with van der Waals surface area (Å²) in [6.07, 6.45) is -0.928. The van der Waals surface area contributed by atoms with E-state index in [2.05, 4.69) is 20.9 Å². The number of carbonyl (C=O) groups is 1. The molecule has 7 nitrogen and oxygen atoms in total. The number of rotatable bonds is 6. The molecule has 2 heterocycles. The molecule has 1 aromatic carbocycles. The van der Waals surface area contributed by atoms with Crippen molar-refractivity contribution in [3.63, 3.8) is 0 Å². The minimum Gasteiger partial charge on any atom is -0.484 e. The number of nitrogens with one attached hydrogen (secondary N) is 2. The van der Waals surface area contributed by atoms with Crippen LogP contribution in [0.25, 0.3) is 0 Å². The Morgan fingerprint density at radius 2 is 2.11 bits per heavy atom. The summed E-state index contributed by atoms with van der Waals surface area (Å²) in [5.74, 6) is -0.298. The number of amides is 1. The number of aromatic nitrogens is 3. The Kier molecular flexibility index (Phi) is 5.94. The van der Waals surface area contributed by atoms with E-state index in [4.69, 9.17) is 4.74 Å². The number of halogens is 3. The number of ether oxygens (including phenoxy) is 1. The second kappa shape index (κ2) is 8.38. The second-order valence-electron chi connectivity index (χ2n) is 6.30. The van der Waals surface area contributed by atoms with Crippen LogP contribution in [0.2, 0.25) is 0 Å². The molecule has 1 amide bonds. The van der Waals surface area contributed by atoms with Crippen molar-refractivity contribution in [2.75, 3.05) is 19.7 Å². The summed E-state index contributed by atoms with van der Waals surface area (Å²) < 4.78 is 43.1. The minimum absolute atomic E-state index is 0.0935. The van der Waals surface area contributed by atoms with Gasteiger partial charge in [0.2, 0.25) is 0 Å². The highest BCUT2D eigenvalue weighted by Gasteiger charge is 2.28. The predicted molar refractivity (Wildman–Crippen MR) is 90.3 cm³/mol. The summed E-state index contributed by atoms with van der Waals surface area (Å²) in [4.78, 5) is 12.2. The van der Waals surface area contributed by atoms with E-state index in [1.807, 2.05) is 0 Å². The van der Waals surface area contributed by atoms with Crippen molar-refractivity contribution >= 4 is 5.91 Å². The molecule has 0 unspecified atom stereocenters. The molecule has 2 N–H and O–H groups in total. The van der Waals surface area contributed by atoms with Crippen molar-refractivity contribution < 1.29 is 22.7 Å². The number of benzene rings is 1. The molecule has 0 radical (unpaired) electrons. The quantitative estimate of drug-likeness (QED) is 0.798. The molecule has 146 valence electrons. The van der Waals surface area contributed by atoms with Crippen LogP contribution in [0.1, 0.15) is 34.9 Å². The van der Waals surface area contributed by atoms with Crippen LogP contribution in [-0.2, 0) is 6.54 Å². The van der Waals surface area contributed by atoms with Crippen molar-refractivity contribution in [2.24, 2.45) is 0 Å². The lowest BCUT2D eigenvalue weighted by molar-refractivity contribution is -0.153. The summed E-state index contributed by atoms with van der Waals surface area (Å²) in [5.41, 5.74) is 0.826. The fourth-order valence-corrected chi connectivity index (χ4v) is 2.81. The van der Waals surface area contributed by atoms with Crippen LogP contribution in [0.5, 0.6) is 5.75 Å². The van der Waals surface area contributed by atoms with Crippen molar-refractivity contribution in [2.45, 2.75) is 31.6 Å². The first-order chi connectivity index (χ1) is 12.9. The normalized spacial score (nSPS) is 15.5. The van der Waals surface area contributed by atoms with Gasteiger partial charge in [0, 0.05) is 6.54 Å². The highest BCUT2D eigenvalue weighted by atomic mass is 19.4. The maximum Gasteiger partial charge on any atom is 0.422 e. The predicted octanol–water partition coefficient (Wildman–Crippen LogP) is 2.07. The third-order valence-corrected chi connectivity index (χ3v) is 4.18. The van der Waals surface area contributed by atoms with Crippen LogP contribution < -0.4 is 15.4 Å². The first-order valence-electron chi connectivity index (χ1n) is 8.60. The van der Waals surface area contributed by atoms with E-state index >= 15 is 0 Å². The monoisotopic (exact) mass is 383 g/mol. The van der Waals surface area contributed by atoms with Gasteiger partial charge >= 0.3 is 6.18 Å². The molecule has 27 heavy (non-hydrogen) atoms. The van der Waals surface area contributed by atoms with Crippen LogP contribution >= 0.6 is 0 Å². The van der Waals surface area contributed by atoms with E-state index in [0.29, 0.717) is 5.56 Å². The third-order valence-electron chi connectivity index (χ3n) is 4.18. The maximum absolute atomic E-state index is 12.2. The van der Waals surface area contributed by atoms with Gasteiger partial charge in [0.1, 0.15) is 5.75 Å². The van der Waals surface area contributed by atoms with Crippen LogP contribution in [0.3, 0.4) is 0 Å². The lowest BCUT2D eigenvalue weighted by atomic mass is 10.1. The molecule has 0 spiro atoms. The molecule has 1 aromatic heterocycles. The van der Waals surface area contributed by atoms with E-state index in [1.54, 1.807) is 23.0 Å². The third kappa shape index (κ3) is 5.68. The lowest BCUT2D eigenvalue weighted by Gasteiger charge is -2.22. The number of hydrogen-bond donors (Lipinski definition) is 2. The smallest absolute Gasteiger partial charge is 0.422 e. The largest absolute Gasteiger partial charge is 0.484 e. The summed E-state index contributed by atoms with van der Waals surface area (Å²) in [7, 11) is 0. The Bertz CT molecular complexity index is 772. The van der Waals surface area contributed by atoms with Gasteiger partial charge in [-0.15, -0.1) is 5.10 Å². The van der Waals surface area contributed by atoms with Gasteiger partial charge in [-0.1, -0.05) is 17.3 Å². The van der Waals surface area contributed by atoms with Gasteiger partial charge in [0.05, 0.1) is 12.2 Å². The Morgan fingerprint density at radius 3 is 2.85 bits per heavy atom. The number of carbonyl (C=O) groups excluding carboxylic acids is 1. The molecular formula is C17H20F3N5O2. The molecule has 2 aromatic rings. The van der Waals surface area contributed by atoms with E-state index in [0.717, 1.165) is 25.9 Å². The topological polar surface area (TPSA) is 81.1 Å². The standard InChI is InChI=1S/C17H20F3N5O2/c18-17(19,20)11-27-14-3-1-2-12(8-14)9-22-16(26)15-10-25(24-23-15)13-4-6-21-7-5-13/h1-3,8,10,13,21H,4-7,9,11H2,(H,22,26). The molecule has 1 aliphatic rings. The van der Waals surface area contributed by atoms with Crippen molar-refractivity contribution in [1.29, 1.82) is 0 Å². The van der Waals surface area contributed by atoms with Gasteiger partial charge in [-0.2, -0.15) is 13.2 Å². The van der Waals surface area contributed by atoms with Crippen molar-refractivity contribution in [1.82, 2.24) is 25.6 Å². The van der Waals surface area contributed by atoms with Gasteiger partial charge in [0.15, 0.2) is 12.3 Å². The molecule has 0 aliphatic carbocycles. The second-order valence-corrected chi connectivity index (χ2v) is 6.30. The Labute approximate surface area is 153 Å². The molecule has 0 atom stereocenters. The van der Waals surface area contributed by atoms with Crippen LogP contribution in [0, 0.1) is 0 Å². The molecule has 0 saturated carbocycles. The Hall–Kier alpha value is -2.62. The number of piperidine rings is 1. The fourth-order valence-electron chi connectivity index (χ4n) is 2.81. The molecular weight excluding hydrogens is 363 g/mol. The number of nitrogens with zero attached hydrogens (tertiary/aromatic N) is 3. The molecule has 10 heteroatoms. The highest BCUT2D eigenvalue weighted by molar-refractivity contribution is 5.91. The Balaban J connectivity index is 1.54. The number of hydrogen-bond acceptors (Lipinski definition) is 5. The summed E-state index contributed by atoms with van der Waals surface area (Å²) in [5, 5.41) is 13.9. The first-order valence-corrected chi connectivity index (χ1v) is 8.60. The zero-order chi connectivity index (χ0) is 19.3. The van der Waals surface area contributed by atoms with Gasteiger partial charge in [-0.3, -0.25) is 4.79 Å². The fraction of sp³-hybridized carbons (Fsp3) is 0.471. The number of alkyl halides is 3. The minimum atomic E-state index is -4.40. The van der Waals surface area contributed by atoms with Gasteiger partial charge in [-0.25, -0.2) is 4.68 Å². The summed E-state index contributed by atoms with van der Waals surface area (Å²) in [6, 6.07) is 6.37. The SMILES string of the molecule is O=C(NCc1cccc(OCC(F)(F)F)c1)c1cn(C2CCNCC2)nn1. The van der Waals surface area contributed by atoms with E-state index in [1.165, 1.54) is 12.1 Å². The molecule has 1 fully saturated rings. The Morgan fingerprint density at radius 1 is 1.33 bits per heavy atom. The summed E-state index contributed by atoms with van der Waals surface area (Å²) >= 11 is 0. The maximum atomic E-state index is 12.2. The van der Waals surface area contributed by atoms with Gasteiger partial charge < -0.3 is 15.4 Å². The average Bonchev–Trinajstić information content (AvgIpc) is 3.15. The van der Waals surface area contributed by atoms with Crippen molar-refractivity contribution in [3.05, 3.63) is 41.7 Å².